The highest BCUT2D eigenvalue weighted by Gasteiger charge is 2.09. The van der Waals surface area contributed by atoms with Crippen molar-refractivity contribution in [2.45, 2.75) is 6.92 Å². The third kappa shape index (κ3) is 5.31. The standard InChI is InChI=1S/C21H19N3O4/c1-15(23-24-20(25)14-28-18-6-3-2-4-7-18)16-9-11-17(12-10-16)22-21(26)19-8-5-13-27-19/h2-13H,14H2,1H3,(H,22,26)(H,24,25). The van der Waals surface area contributed by atoms with E-state index in [0.717, 1.165) is 5.56 Å². The maximum absolute atomic E-state index is 11.9. The number of anilines is 1. The van der Waals surface area contributed by atoms with E-state index in [9.17, 15) is 9.59 Å². The summed E-state index contributed by atoms with van der Waals surface area (Å²) < 4.78 is 10.4. The molecule has 0 aliphatic heterocycles. The second kappa shape index (κ2) is 9.18. The van der Waals surface area contributed by atoms with Crippen molar-refractivity contribution >= 4 is 23.2 Å². The van der Waals surface area contributed by atoms with Crippen molar-refractivity contribution in [3.05, 3.63) is 84.3 Å². The van der Waals surface area contributed by atoms with Gasteiger partial charge in [-0.2, -0.15) is 5.10 Å². The highest BCUT2D eigenvalue weighted by Crippen LogP contribution is 2.12. The van der Waals surface area contributed by atoms with Crippen LogP contribution in [0.3, 0.4) is 0 Å². The van der Waals surface area contributed by atoms with E-state index in [1.54, 1.807) is 55.5 Å². The number of amides is 2. The van der Waals surface area contributed by atoms with Crippen molar-refractivity contribution in [3.63, 3.8) is 0 Å². The number of hydrazone groups is 1. The fourth-order valence-electron chi connectivity index (χ4n) is 2.30. The molecule has 28 heavy (non-hydrogen) atoms. The molecule has 7 nitrogen and oxygen atoms in total. The first-order valence-electron chi connectivity index (χ1n) is 8.58. The third-order valence-electron chi connectivity index (χ3n) is 3.77. The van der Waals surface area contributed by atoms with Crippen LogP contribution in [-0.4, -0.2) is 24.1 Å². The summed E-state index contributed by atoms with van der Waals surface area (Å²) >= 11 is 0. The van der Waals surface area contributed by atoms with Crippen LogP contribution in [0.4, 0.5) is 5.69 Å². The lowest BCUT2D eigenvalue weighted by atomic mass is 10.1. The number of nitrogens with zero attached hydrogens (tertiary/aromatic N) is 1. The maximum Gasteiger partial charge on any atom is 0.291 e. The fraction of sp³-hybridized carbons (Fsp3) is 0.0952. The molecule has 0 fully saturated rings. The highest BCUT2D eigenvalue weighted by atomic mass is 16.5. The van der Waals surface area contributed by atoms with Gasteiger partial charge in [0.2, 0.25) is 0 Å². The van der Waals surface area contributed by atoms with Gasteiger partial charge in [-0.25, -0.2) is 5.43 Å². The summed E-state index contributed by atoms with van der Waals surface area (Å²) in [6.07, 6.45) is 1.44. The fourth-order valence-corrected chi connectivity index (χ4v) is 2.30. The molecule has 0 atom stereocenters. The Hall–Kier alpha value is -3.87. The Morgan fingerprint density at radius 3 is 2.43 bits per heavy atom. The van der Waals surface area contributed by atoms with Crippen LogP contribution in [-0.2, 0) is 4.79 Å². The van der Waals surface area contributed by atoms with Gasteiger partial charge in [0.15, 0.2) is 12.4 Å². The summed E-state index contributed by atoms with van der Waals surface area (Å²) in [5.74, 6) is 0.173. The van der Waals surface area contributed by atoms with Gasteiger partial charge in [-0.3, -0.25) is 9.59 Å². The third-order valence-corrected chi connectivity index (χ3v) is 3.77. The first-order valence-corrected chi connectivity index (χ1v) is 8.58. The van der Waals surface area contributed by atoms with Crippen molar-refractivity contribution in [2.24, 2.45) is 5.10 Å². The van der Waals surface area contributed by atoms with Crippen LogP contribution in [0.15, 0.2) is 82.5 Å². The molecule has 3 rings (SSSR count). The number of benzene rings is 2. The summed E-state index contributed by atoms with van der Waals surface area (Å²) in [4.78, 5) is 23.8. The van der Waals surface area contributed by atoms with E-state index in [1.165, 1.54) is 6.26 Å². The minimum atomic E-state index is -0.356. The average Bonchev–Trinajstić information content (AvgIpc) is 3.27. The van der Waals surface area contributed by atoms with Crippen molar-refractivity contribution in [1.82, 2.24) is 5.43 Å². The molecule has 7 heteroatoms. The largest absolute Gasteiger partial charge is 0.484 e. The molecule has 0 bridgehead atoms. The quantitative estimate of drug-likeness (QED) is 0.487. The molecule has 0 radical (unpaired) electrons. The molecule has 0 saturated carbocycles. The molecular formula is C21H19N3O4. The van der Waals surface area contributed by atoms with Gasteiger partial charge in [-0.1, -0.05) is 30.3 Å². The van der Waals surface area contributed by atoms with Crippen LogP contribution in [0.25, 0.3) is 0 Å². The van der Waals surface area contributed by atoms with Gasteiger partial charge in [-0.15, -0.1) is 0 Å². The van der Waals surface area contributed by atoms with Gasteiger partial charge in [-0.05, 0) is 48.9 Å². The average molecular weight is 377 g/mol. The van der Waals surface area contributed by atoms with E-state index in [0.29, 0.717) is 17.1 Å². The van der Waals surface area contributed by atoms with Crippen LogP contribution >= 0.6 is 0 Å². The Labute approximate surface area is 162 Å². The zero-order valence-electron chi connectivity index (χ0n) is 15.2. The van der Waals surface area contributed by atoms with Crippen LogP contribution in [0, 0.1) is 0 Å². The summed E-state index contributed by atoms with van der Waals surface area (Å²) in [7, 11) is 0. The number of hydrogen-bond donors (Lipinski definition) is 2. The van der Waals surface area contributed by atoms with E-state index < -0.39 is 0 Å². The molecule has 2 N–H and O–H groups in total. The predicted octanol–water partition coefficient (Wildman–Crippen LogP) is 3.45. The number of furan rings is 1. The van der Waals surface area contributed by atoms with Gasteiger partial charge in [0.05, 0.1) is 12.0 Å². The number of rotatable bonds is 7. The molecule has 0 spiro atoms. The molecule has 2 amide bonds. The van der Waals surface area contributed by atoms with Gasteiger partial charge in [0, 0.05) is 5.69 Å². The van der Waals surface area contributed by atoms with Gasteiger partial charge in [0.25, 0.3) is 11.8 Å². The lowest BCUT2D eigenvalue weighted by molar-refractivity contribution is -0.123. The van der Waals surface area contributed by atoms with Crippen molar-refractivity contribution < 1.29 is 18.7 Å². The summed E-state index contributed by atoms with van der Waals surface area (Å²) in [6.45, 7) is 1.65. The van der Waals surface area contributed by atoms with Gasteiger partial charge in [0.1, 0.15) is 5.75 Å². The van der Waals surface area contributed by atoms with E-state index in [1.807, 2.05) is 18.2 Å². The topological polar surface area (TPSA) is 92.9 Å². The van der Waals surface area contributed by atoms with Gasteiger partial charge < -0.3 is 14.5 Å². The van der Waals surface area contributed by atoms with Crippen molar-refractivity contribution in [1.29, 1.82) is 0 Å². The first kappa shape index (κ1) is 18.9. The molecule has 142 valence electrons. The van der Waals surface area contributed by atoms with Gasteiger partial charge >= 0.3 is 0 Å². The summed E-state index contributed by atoms with van der Waals surface area (Å²) in [6, 6.07) is 19.4. The van der Waals surface area contributed by atoms with Crippen LogP contribution in [0.2, 0.25) is 0 Å². The molecular weight excluding hydrogens is 358 g/mol. The summed E-state index contributed by atoms with van der Waals surface area (Å²) in [5.41, 5.74) is 4.51. The monoisotopic (exact) mass is 377 g/mol. The molecule has 0 aliphatic rings. The minimum absolute atomic E-state index is 0.126. The molecule has 0 aliphatic carbocycles. The number of para-hydroxylation sites is 1. The first-order chi connectivity index (χ1) is 13.6. The lowest BCUT2D eigenvalue weighted by Crippen LogP contribution is -2.25. The molecule has 2 aromatic carbocycles. The Morgan fingerprint density at radius 2 is 1.75 bits per heavy atom. The molecule has 1 aromatic heterocycles. The SMILES string of the molecule is CC(=NNC(=O)COc1ccccc1)c1ccc(NC(=O)c2ccco2)cc1. The Bertz CT molecular complexity index is 949. The highest BCUT2D eigenvalue weighted by molar-refractivity contribution is 6.03. The van der Waals surface area contributed by atoms with Crippen LogP contribution in [0.5, 0.6) is 5.75 Å². The number of carbonyl (C=O) groups is 2. The molecule has 1 heterocycles. The van der Waals surface area contributed by atoms with E-state index in [2.05, 4.69) is 15.8 Å². The lowest BCUT2D eigenvalue weighted by Gasteiger charge is -2.07. The van der Waals surface area contributed by atoms with Crippen LogP contribution in [0.1, 0.15) is 23.0 Å². The van der Waals surface area contributed by atoms with Crippen molar-refractivity contribution in [2.75, 3.05) is 11.9 Å². The minimum Gasteiger partial charge on any atom is -0.484 e. The van der Waals surface area contributed by atoms with E-state index in [4.69, 9.17) is 9.15 Å². The second-order valence-corrected chi connectivity index (χ2v) is 5.84. The zero-order chi connectivity index (χ0) is 19.8. The van der Waals surface area contributed by atoms with E-state index in [-0.39, 0.29) is 24.2 Å². The predicted molar refractivity (Wildman–Crippen MR) is 105 cm³/mol. The normalized spacial score (nSPS) is 11.0. The number of nitrogens with one attached hydrogen (secondary N) is 2. The second-order valence-electron chi connectivity index (χ2n) is 5.84. The Balaban J connectivity index is 1.51. The Kier molecular flexibility index (Phi) is 6.20. The molecule has 0 unspecified atom stereocenters. The van der Waals surface area contributed by atoms with Crippen LogP contribution < -0.4 is 15.5 Å². The smallest absolute Gasteiger partial charge is 0.291 e. The summed E-state index contributed by atoms with van der Waals surface area (Å²) in [5, 5.41) is 6.81. The van der Waals surface area contributed by atoms with E-state index >= 15 is 0 Å². The molecule has 0 saturated heterocycles. The Morgan fingerprint density at radius 1 is 1.00 bits per heavy atom. The number of carbonyl (C=O) groups excluding carboxylic acids is 2. The van der Waals surface area contributed by atoms with Crippen molar-refractivity contribution in [3.8, 4) is 5.75 Å². The zero-order valence-corrected chi connectivity index (χ0v) is 15.2. The maximum atomic E-state index is 11.9. The molecule has 3 aromatic rings. The number of ether oxygens (including phenoxy) is 1. The number of hydrogen-bond acceptors (Lipinski definition) is 5.